The molecule has 0 aliphatic heterocycles. The highest BCUT2D eigenvalue weighted by Crippen LogP contribution is 2.31. The molecule has 0 fully saturated rings. The first-order chi connectivity index (χ1) is 22.2. The zero-order valence-corrected chi connectivity index (χ0v) is 31.0. The van der Waals surface area contributed by atoms with Crippen LogP contribution in [-0.4, -0.2) is 81.6 Å². The summed E-state index contributed by atoms with van der Waals surface area (Å²) in [4.78, 5) is 42.6. The lowest BCUT2D eigenvalue weighted by Gasteiger charge is -2.40. The van der Waals surface area contributed by atoms with Crippen molar-refractivity contribution >= 4 is 27.7 Å². The van der Waals surface area contributed by atoms with Gasteiger partial charge in [-0.2, -0.15) is 0 Å². The van der Waals surface area contributed by atoms with Gasteiger partial charge in [0.2, 0.25) is 11.8 Å². The van der Waals surface area contributed by atoms with Gasteiger partial charge < -0.3 is 25.4 Å². The fraction of sp³-hybridized carbons (Fsp3) is 0.528. The second-order valence-corrected chi connectivity index (χ2v) is 15.8. The van der Waals surface area contributed by atoms with Crippen LogP contribution in [0.25, 0.3) is 0 Å². The highest BCUT2D eigenvalue weighted by molar-refractivity contribution is 7.90. The number of nitrogens with zero attached hydrogens (tertiary/aromatic N) is 1. The fourth-order valence-electron chi connectivity index (χ4n) is 5.42. The monoisotopic (exact) mass is 686 g/mol. The van der Waals surface area contributed by atoms with Crippen molar-refractivity contribution in [2.24, 2.45) is 11.3 Å². The van der Waals surface area contributed by atoms with E-state index in [2.05, 4.69) is 15.4 Å². The molecule has 0 aliphatic carbocycles. The van der Waals surface area contributed by atoms with Crippen LogP contribution >= 0.6 is 0 Å². The number of hydrogen-bond donors (Lipinski definition) is 4. The van der Waals surface area contributed by atoms with E-state index >= 15 is 0 Å². The average molecular weight is 687 g/mol. The fourth-order valence-corrected chi connectivity index (χ4v) is 6.44. The topological polar surface area (TPSA) is 154 Å². The van der Waals surface area contributed by atoms with Gasteiger partial charge in [-0.1, -0.05) is 84.4 Å². The third-order valence-corrected chi connectivity index (χ3v) is 9.77. The molecule has 2 aromatic rings. The predicted octanol–water partition coefficient (Wildman–Crippen LogP) is 3.70. The summed E-state index contributed by atoms with van der Waals surface area (Å²) in [5, 5.41) is 15.3. The van der Waals surface area contributed by atoms with Crippen LogP contribution < -0.4 is 20.1 Å². The standard InChI is InChI=1S/C36H54N4O7S/c1-23(2)29(21-25(4)32(42)39-48(45,46)28-17-15-24(3)16-18-28)40(11)34(44)31(35(5,6)7)38-33(43)30(37-10)36(8,9)26-13-12-14-27(22-26)47-20-19-41/h12-18,21-23,29-31,37,41H,19-20H2,1-11H3,(H,38,43)(H,39,42)/b25-21+/t29-,30-,31-/m1/s1. The SMILES string of the molecule is CN[C@H](C(=O)N[C@H](C(=O)N(C)[C@H](/C=C(\C)C(=O)NS(=O)(=O)c1ccc(C)cc1)C(C)C)C(C)(C)C)C(C)(C)c1cccc(OCCO)c1. The number of aliphatic hydroxyl groups is 1. The molecule has 0 heterocycles. The van der Waals surface area contributed by atoms with Gasteiger partial charge in [0.1, 0.15) is 18.4 Å². The van der Waals surface area contributed by atoms with Gasteiger partial charge in [0.05, 0.1) is 23.6 Å². The number of carbonyl (C=O) groups is 3. The molecule has 0 spiro atoms. The van der Waals surface area contributed by atoms with Crippen LogP contribution in [-0.2, 0) is 29.8 Å². The summed E-state index contributed by atoms with van der Waals surface area (Å²) in [6.07, 6.45) is 1.58. The molecule has 11 nitrogen and oxygen atoms in total. The van der Waals surface area contributed by atoms with E-state index in [1.807, 2.05) is 73.6 Å². The van der Waals surface area contributed by atoms with Crippen molar-refractivity contribution in [1.29, 1.82) is 0 Å². The molecule has 4 N–H and O–H groups in total. The maximum absolute atomic E-state index is 14.2. The van der Waals surface area contributed by atoms with Crippen molar-refractivity contribution in [1.82, 2.24) is 20.3 Å². The predicted molar refractivity (Wildman–Crippen MR) is 188 cm³/mol. The number of sulfonamides is 1. The minimum atomic E-state index is -4.10. The second kappa shape index (κ2) is 16.6. The minimum absolute atomic E-state index is 0.0310. The molecule has 0 unspecified atom stereocenters. The van der Waals surface area contributed by atoms with E-state index in [4.69, 9.17) is 9.84 Å². The molecule has 12 heteroatoms. The first kappa shape index (κ1) is 40.4. The highest BCUT2D eigenvalue weighted by Gasteiger charge is 2.42. The Bertz CT molecular complexity index is 1560. The van der Waals surface area contributed by atoms with Crippen molar-refractivity contribution in [3.63, 3.8) is 0 Å². The molecule has 3 amide bonds. The Morgan fingerprint density at radius 1 is 1.00 bits per heavy atom. The molecule has 2 aromatic carbocycles. The van der Waals surface area contributed by atoms with Crippen LogP contribution in [0.4, 0.5) is 0 Å². The van der Waals surface area contributed by atoms with Crippen molar-refractivity contribution in [2.75, 3.05) is 27.3 Å². The van der Waals surface area contributed by atoms with Gasteiger partial charge in [0.15, 0.2) is 0 Å². The van der Waals surface area contributed by atoms with Gasteiger partial charge >= 0.3 is 0 Å². The Balaban J connectivity index is 2.34. The molecule has 3 atom stereocenters. The van der Waals surface area contributed by atoms with Crippen molar-refractivity contribution < 1.29 is 32.6 Å². The van der Waals surface area contributed by atoms with Gasteiger partial charge in [0.25, 0.3) is 15.9 Å². The van der Waals surface area contributed by atoms with Crippen LogP contribution in [0, 0.1) is 18.3 Å². The third kappa shape index (κ3) is 10.4. The van der Waals surface area contributed by atoms with E-state index in [0.717, 1.165) is 11.1 Å². The third-order valence-electron chi connectivity index (χ3n) is 8.43. The van der Waals surface area contributed by atoms with Crippen LogP contribution in [0.3, 0.4) is 0 Å². The summed E-state index contributed by atoms with van der Waals surface area (Å²) in [6, 6.07) is 11.2. The quantitative estimate of drug-likeness (QED) is 0.207. The van der Waals surface area contributed by atoms with Crippen molar-refractivity contribution in [3.05, 3.63) is 71.3 Å². The van der Waals surface area contributed by atoms with E-state index < -0.39 is 44.9 Å². The number of ether oxygens (including phenoxy) is 1. The number of aryl methyl sites for hydroxylation is 1. The Kier molecular flexibility index (Phi) is 14.0. The molecule has 266 valence electrons. The Morgan fingerprint density at radius 2 is 1.60 bits per heavy atom. The summed E-state index contributed by atoms with van der Waals surface area (Å²) >= 11 is 0. The van der Waals surface area contributed by atoms with Crippen LogP contribution in [0.2, 0.25) is 0 Å². The number of rotatable bonds is 15. The summed E-state index contributed by atoms with van der Waals surface area (Å²) in [6.45, 7) is 16.6. The molecule has 0 aromatic heterocycles. The number of nitrogens with one attached hydrogen (secondary N) is 3. The van der Waals surface area contributed by atoms with Crippen LogP contribution in [0.5, 0.6) is 5.75 Å². The first-order valence-corrected chi connectivity index (χ1v) is 17.6. The lowest BCUT2D eigenvalue weighted by molar-refractivity contribution is -0.140. The molecular formula is C36H54N4O7S. The van der Waals surface area contributed by atoms with Crippen LogP contribution in [0.15, 0.2) is 65.1 Å². The number of amides is 3. The zero-order valence-electron chi connectivity index (χ0n) is 30.2. The molecule has 0 aliphatic rings. The smallest absolute Gasteiger partial charge is 0.264 e. The lowest BCUT2D eigenvalue weighted by Crippen LogP contribution is -2.61. The van der Waals surface area contributed by atoms with E-state index in [9.17, 15) is 22.8 Å². The van der Waals surface area contributed by atoms with Gasteiger partial charge in [-0.3, -0.25) is 14.4 Å². The lowest BCUT2D eigenvalue weighted by atomic mass is 9.76. The Morgan fingerprint density at radius 3 is 2.12 bits per heavy atom. The van der Waals surface area contributed by atoms with Crippen LogP contribution in [0.1, 0.15) is 66.5 Å². The maximum Gasteiger partial charge on any atom is 0.264 e. The zero-order chi connectivity index (χ0) is 36.6. The molecule has 0 bridgehead atoms. The largest absolute Gasteiger partial charge is 0.491 e. The normalized spacial score (nSPS) is 14.6. The number of carbonyl (C=O) groups excluding carboxylic acids is 3. The molecule has 0 saturated carbocycles. The number of aliphatic hydroxyl groups excluding tert-OH is 1. The molecule has 0 saturated heterocycles. The first-order valence-electron chi connectivity index (χ1n) is 16.1. The van der Waals surface area contributed by atoms with E-state index in [1.54, 1.807) is 38.4 Å². The molecule has 2 rings (SSSR count). The Labute approximate surface area is 286 Å². The summed E-state index contributed by atoms with van der Waals surface area (Å²) in [5.74, 6) is -1.12. The average Bonchev–Trinajstić information content (AvgIpc) is 3.00. The van der Waals surface area contributed by atoms with E-state index in [0.29, 0.717) is 5.75 Å². The summed E-state index contributed by atoms with van der Waals surface area (Å²) in [7, 11) is -0.805. The summed E-state index contributed by atoms with van der Waals surface area (Å²) in [5.41, 5.74) is 0.408. The maximum atomic E-state index is 14.2. The summed E-state index contributed by atoms with van der Waals surface area (Å²) < 4.78 is 33.4. The number of benzene rings is 2. The number of hydrogen-bond acceptors (Lipinski definition) is 8. The highest BCUT2D eigenvalue weighted by atomic mass is 32.2. The van der Waals surface area contributed by atoms with Gasteiger partial charge in [0, 0.05) is 18.0 Å². The van der Waals surface area contributed by atoms with E-state index in [-0.39, 0.29) is 41.4 Å². The second-order valence-electron chi connectivity index (χ2n) is 14.1. The van der Waals surface area contributed by atoms with Crippen molar-refractivity contribution in [3.8, 4) is 5.75 Å². The number of likely N-dealkylation sites (N-methyl/N-ethyl adjacent to an activating group) is 2. The van der Waals surface area contributed by atoms with Gasteiger partial charge in [-0.25, -0.2) is 13.1 Å². The minimum Gasteiger partial charge on any atom is -0.491 e. The molecule has 0 radical (unpaired) electrons. The van der Waals surface area contributed by atoms with E-state index in [1.165, 1.54) is 24.0 Å². The van der Waals surface area contributed by atoms with Gasteiger partial charge in [-0.05, 0) is 62.1 Å². The molecule has 48 heavy (non-hydrogen) atoms. The van der Waals surface area contributed by atoms with Gasteiger partial charge in [-0.15, -0.1) is 0 Å². The molecular weight excluding hydrogens is 632 g/mol. The Hall–Kier alpha value is -3.74. The van der Waals surface area contributed by atoms with Crippen molar-refractivity contribution in [2.45, 2.75) is 90.7 Å².